The topological polar surface area (TPSA) is 43.4 Å². The minimum absolute atomic E-state index is 0.0907. The van der Waals surface area contributed by atoms with Crippen LogP contribution in [0.15, 0.2) is 53.0 Å². The van der Waals surface area contributed by atoms with Gasteiger partial charge in [-0.1, -0.05) is 30.3 Å². The number of halogens is 3. The van der Waals surface area contributed by atoms with Gasteiger partial charge in [0.15, 0.2) is 11.2 Å². The molecule has 0 aliphatic heterocycles. The Bertz CT molecular complexity index is 676. The highest BCUT2D eigenvalue weighted by Crippen LogP contribution is 2.26. The normalized spacial score (nSPS) is 11.8. The van der Waals surface area contributed by atoms with Gasteiger partial charge in [0, 0.05) is 5.56 Å². The van der Waals surface area contributed by atoms with Crippen molar-refractivity contribution in [3.8, 4) is 5.75 Å². The smallest absolute Gasteiger partial charge is 0.337 e. The molecular formula is C15H9BrClFO3. The molecule has 0 radical (unpaired) electrons. The van der Waals surface area contributed by atoms with E-state index in [0.29, 0.717) is 5.56 Å². The quantitative estimate of drug-likeness (QED) is 0.268. The van der Waals surface area contributed by atoms with E-state index in [4.69, 9.17) is 16.3 Å². The van der Waals surface area contributed by atoms with E-state index in [0.717, 1.165) is 12.1 Å². The summed E-state index contributed by atoms with van der Waals surface area (Å²) in [5.74, 6) is -1.87. The highest BCUT2D eigenvalue weighted by atomic mass is 79.9. The van der Waals surface area contributed by atoms with Crippen LogP contribution >= 0.6 is 27.5 Å². The number of Topliss-reactive ketones (excluding diaryl/α,β-unsaturated/α-hetero) is 1. The molecule has 0 saturated carbocycles. The molecule has 6 heteroatoms. The van der Waals surface area contributed by atoms with Crippen LogP contribution in [0, 0.1) is 5.82 Å². The van der Waals surface area contributed by atoms with E-state index in [-0.39, 0.29) is 10.2 Å². The molecular weight excluding hydrogens is 363 g/mol. The Morgan fingerprint density at radius 1 is 1.14 bits per heavy atom. The summed E-state index contributed by atoms with van der Waals surface area (Å²) < 4.78 is 18.2. The number of hydrogen-bond acceptors (Lipinski definition) is 3. The number of benzene rings is 2. The third-order valence-corrected chi connectivity index (χ3v) is 3.60. The maximum absolute atomic E-state index is 12.9. The van der Waals surface area contributed by atoms with Gasteiger partial charge in [0.05, 0.1) is 4.47 Å². The van der Waals surface area contributed by atoms with Gasteiger partial charge in [0.2, 0.25) is 0 Å². The molecule has 3 nitrogen and oxygen atoms in total. The number of carbonyl (C=O) groups excluding carboxylic acids is 2. The molecule has 0 heterocycles. The second kappa shape index (κ2) is 6.83. The summed E-state index contributed by atoms with van der Waals surface area (Å²) in [6, 6.07) is 11.7. The monoisotopic (exact) mass is 370 g/mol. The van der Waals surface area contributed by atoms with Crippen LogP contribution < -0.4 is 4.74 Å². The zero-order valence-corrected chi connectivity index (χ0v) is 12.9. The molecule has 0 spiro atoms. The molecule has 0 aliphatic rings. The van der Waals surface area contributed by atoms with Crippen LogP contribution in [0.2, 0.25) is 0 Å². The predicted octanol–water partition coefficient (Wildman–Crippen LogP) is 3.98. The first-order chi connectivity index (χ1) is 9.99. The molecule has 1 atom stereocenters. The Labute approximate surface area is 133 Å². The van der Waals surface area contributed by atoms with Crippen molar-refractivity contribution in [1.82, 2.24) is 0 Å². The lowest BCUT2D eigenvalue weighted by molar-refractivity contribution is -0.133. The first kappa shape index (κ1) is 15.7. The number of rotatable bonds is 4. The van der Waals surface area contributed by atoms with Crippen molar-refractivity contribution >= 4 is 39.3 Å². The molecule has 0 saturated heterocycles. The Hall–Kier alpha value is -1.72. The number of carbonyl (C=O) groups is 2. The van der Waals surface area contributed by atoms with E-state index in [1.165, 1.54) is 6.07 Å². The minimum atomic E-state index is -1.47. The van der Waals surface area contributed by atoms with E-state index in [9.17, 15) is 14.0 Å². The highest BCUT2D eigenvalue weighted by molar-refractivity contribution is 9.10. The minimum Gasteiger partial charge on any atom is -0.424 e. The predicted molar refractivity (Wildman–Crippen MR) is 80.1 cm³/mol. The number of ether oxygens (including phenoxy) is 1. The van der Waals surface area contributed by atoms with Crippen LogP contribution in [0.25, 0.3) is 0 Å². The van der Waals surface area contributed by atoms with Crippen LogP contribution in [0.5, 0.6) is 5.75 Å². The largest absolute Gasteiger partial charge is 0.424 e. The molecule has 0 aliphatic carbocycles. The molecule has 2 rings (SSSR count). The van der Waals surface area contributed by atoms with E-state index in [1.54, 1.807) is 30.3 Å². The Morgan fingerprint density at radius 2 is 1.81 bits per heavy atom. The van der Waals surface area contributed by atoms with Gasteiger partial charge in [0.25, 0.3) is 0 Å². The molecule has 0 aromatic heterocycles. The summed E-state index contributed by atoms with van der Waals surface area (Å²) in [7, 11) is 0. The van der Waals surface area contributed by atoms with Crippen molar-refractivity contribution in [3.63, 3.8) is 0 Å². The summed E-state index contributed by atoms with van der Waals surface area (Å²) in [5, 5.41) is -1.47. The van der Waals surface area contributed by atoms with Crippen LogP contribution in [0.4, 0.5) is 4.39 Å². The van der Waals surface area contributed by atoms with Gasteiger partial charge in [-0.05, 0) is 34.1 Å². The standard InChI is InChI=1S/C15H9BrClFO3/c16-11-8-10(18)6-7-12(11)21-15(20)13(17)14(19)9-4-2-1-3-5-9/h1-8,13H. The van der Waals surface area contributed by atoms with Crippen LogP contribution in [-0.2, 0) is 4.79 Å². The molecule has 0 amide bonds. The van der Waals surface area contributed by atoms with Crippen LogP contribution in [0.3, 0.4) is 0 Å². The zero-order valence-electron chi connectivity index (χ0n) is 10.6. The highest BCUT2D eigenvalue weighted by Gasteiger charge is 2.27. The van der Waals surface area contributed by atoms with Crippen molar-refractivity contribution in [1.29, 1.82) is 0 Å². The number of hydrogen-bond donors (Lipinski definition) is 0. The molecule has 21 heavy (non-hydrogen) atoms. The second-order valence-corrected chi connectivity index (χ2v) is 5.38. The second-order valence-electron chi connectivity index (χ2n) is 4.09. The number of alkyl halides is 1. The van der Waals surface area contributed by atoms with Crippen molar-refractivity contribution in [3.05, 3.63) is 64.4 Å². The summed E-state index contributed by atoms with van der Waals surface area (Å²) in [4.78, 5) is 23.9. The molecule has 1 unspecified atom stereocenters. The molecule has 108 valence electrons. The van der Waals surface area contributed by atoms with Gasteiger partial charge in [-0.15, -0.1) is 11.6 Å². The summed E-state index contributed by atoms with van der Waals surface area (Å²) in [6.07, 6.45) is 0. The molecule has 2 aromatic carbocycles. The van der Waals surface area contributed by atoms with Gasteiger partial charge < -0.3 is 4.74 Å². The fourth-order valence-corrected chi connectivity index (χ4v) is 2.18. The van der Waals surface area contributed by atoms with Gasteiger partial charge in [-0.2, -0.15) is 0 Å². The van der Waals surface area contributed by atoms with E-state index < -0.39 is 22.9 Å². The van der Waals surface area contributed by atoms with Crippen LogP contribution in [-0.4, -0.2) is 17.1 Å². The maximum atomic E-state index is 12.9. The molecule has 0 fully saturated rings. The Morgan fingerprint density at radius 3 is 2.43 bits per heavy atom. The lowest BCUT2D eigenvalue weighted by Crippen LogP contribution is -2.29. The average Bonchev–Trinajstić information content (AvgIpc) is 2.49. The Kier molecular flexibility index (Phi) is 5.09. The van der Waals surface area contributed by atoms with Crippen molar-refractivity contribution in [2.75, 3.05) is 0 Å². The number of esters is 1. The van der Waals surface area contributed by atoms with Crippen molar-refractivity contribution < 1.29 is 18.7 Å². The van der Waals surface area contributed by atoms with Crippen LogP contribution in [0.1, 0.15) is 10.4 Å². The summed E-state index contributed by atoms with van der Waals surface area (Å²) in [6.45, 7) is 0. The average molecular weight is 372 g/mol. The van der Waals surface area contributed by atoms with E-state index >= 15 is 0 Å². The fraction of sp³-hybridized carbons (Fsp3) is 0.0667. The van der Waals surface area contributed by atoms with Gasteiger partial charge >= 0.3 is 5.97 Å². The Balaban J connectivity index is 2.11. The van der Waals surface area contributed by atoms with Gasteiger partial charge in [-0.3, -0.25) is 4.79 Å². The number of ketones is 1. The molecule has 0 bridgehead atoms. The summed E-state index contributed by atoms with van der Waals surface area (Å²) >= 11 is 8.90. The summed E-state index contributed by atoms with van der Waals surface area (Å²) in [5.41, 5.74) is 0.313. The van der Waals surface area contributed by atoms with Gasteiger partial charge in [-0.25, -0.2) is 9.18 Å². The molecule has 2 aromatic rings. The lowest BCUT2D eigenvalue weighted by atomic mass is 10.1. The van der Waals surface area contributed by atoms with Crippen molar-refractivity contribution in [2.45, 2.75) is 5.38 Å². The first-order valence-electron chi connectivity index (χ1n) is 5.89. The third kappa shape index (κ3) is 3.89. The van der Waals surface area contributed by atoms with E-state index in [2.05, 4.69) is 15.9 Å². The fourth-order valence-electron chi connectivity index (χ4n) is 1.57. The SMILES string of the molecule is O=C(Oc1ccc(F)cc1Br)C(Cl)C(=O)c1ccccc1. The first-order valence-corrected chi connectivity index (χ1v) is 7.12. The van der Waals surface area contributed by atoms with Crippen molar-refractivity contribution in [2.24, 2.45) is 0 Å². The van der Waals surface area contributed by atoms with E-state index in [1.807, 2.05) is 0 Å². The lowest BCUT2D eigenvalue weighted by Gasteiger charge is -2.10. The maximum Gasteiger partial charge on any atom is 0.337 e. The molecule has 0 N–H and O–H groups in total. The zero-order chi connectivity index (χ0) is 15.4. The van der Waals surface area contributed by atoms with Gasteiger partial charge in [0.1, 0.15) is 11.6 Å². The third-order valence-electron chi connectivity index (χ3n) is 2.60.